The Hall–Kier alpha value is -5.28. The van der Waals surface area contributed by atoms with Gasteiger partial charge in [-0.1, -0.05) is 86.6 Å². The molecule has 10 rings (SSSR count). The maximum atomic E-state index is 6.66. The SMILES string of the molecule is CC(C)c1ccccc1-c1cc2c3ccc4c5ccccc5oc4c3n3c2c(c1)c1ccc2c4ccccc4oc2c13. The molecule has 0 aliphatic rings. The highest BCUT2D eigenvalue weighted by atomic mass is 16.3. The molecule has 4 aromatic heterocycles. The third-order valence-corrected chi connectivity index (χ3v) is 9.30. The van der Waals surface area contributed by atoms with Crippen LogP contribution in [0.4, 0.5) is 0 Å². The quantitative estimate of drug-likeness (QED) is 0.219. The number of hydrogen-bond acceptors (Lipinski definition) is 2. The number of para-hydroxylation sites is 2. The fraction of sp³-hybridized carbons (Fsp3) is 0.0769. The van der Waals surface area contributed by atoms with Gasteiger partial charge in [-0.3, -0.25) is 0 Å². The highest BCUT2D eigenvalue weighted by Gasteiger charge is 2.25. The van der Waals surface area contributed by atoms with Crippen molar-refractivity contribution in [2.24, 2.45) is 0 Å². The fourth-order valence-corrected chi connectivity index (χ4v) is 7.47. The summed E-state index contributed by atoms with van der Waals surface area (Å²) in [4.78, 5) is 0. The minimum absolute atomic E-state index is 0.421. The fourth-order valence-electron chi connectivity index (χ4n) is 7.47. The van der Waals surface area contributed by atoms with Crippen LogP contribution in [0.3, 0.4) is 0 Å². The first kappa shape index (κ1) is 22.4. The van der Waals surface area contributed by atoms with E-state index in [1.165, 1.54) is 43.8 Å². The smallest absolute Gasteiger partial charge is 0.160 e. The van der Waals surface area contributed by atoms with Gasteiger partial charge in [-0.25, -0.2) is 0 Å². The standard InChI is InChI=1S/C39H25NO2/c1-21(2)23-9-3-4-10-24(23)22-19-31-27-15-17-29-25-11-5-7-13-33(25)41-38(29)36(27)40-35(31)32(20-22)28-16-18-30-26-12-6-8-14-34(26)42-39(30)37(28)40/h3-21H,1-2H3. The summed E-state index contributed by atoms with van der Waals surface area (Å²) in [7, 11) is 0. The Kier molecular flexibility index (Phi) is 4.12. The molecule has 198 valence electrons. The van der Waals surface area contributed by atoms with E-state index in [4.69, 9.17) is 8.83 Å². The number of furan rings is 2. The van der Waals surface area contributed by atoms with E-state index in [9.17, 15) is 0 Å². The Labute approximate surface area is 240 Å². The second kappa shape index (κ2) is 7.71. The molecular weight excluding hydrogens is 514 g/mol. The molecule has 10 aromatic rings. The van der Waals surface area contributed by atoms with E-state index < -0.39 is 0 Å². The van der Waals surface area contributed by atoms with E-state index in [-0.39, 0.29) is 0 Å². The Morgan fingerprint density at radius 2 is 0.976 bits per heavy atom. The molecule has 0 radical (unpaired) electrons. The van der Waals surface area contributed by atoms with Gasteiger partial charge in [-0.05, 0) is 59.0 Å². The summed E-state index contributed by atoms with van der Waals surface area (Å²) in [5.41, 5.74) is 10.9. The van der Waals surface area contributed by atoms with E-state index in [0.29, 0.717) is 5.92 Å². The highest BCUT2D eigenvalue weighted by molar-refractivity contribution is 6.31. The van der Waals surface area contributed by atoms with Crippen molar-refractivity contribution in [1.29, 1.82) is 0 Å². The van der Waals surface area contributed by atoms with Crippen LogP contribution in [0.2, 0.25) is 0 Å². The molecule has 4 heterocycles. The predicted molar refractivity (Wildman–Crippen MR) is 175 cm³/mol. The van der Waals surface area contributed by atoms with Gasteiger partial charge in [0, 0.05) is 43.1 Å². The topological polar surface area (TPSA) is 30.7 Å². The van der Waals surface area contributed by atoms with Gasteiger partial charge < -0.3 is 13.2 Å². The van der Waals surface area contributed by atoms with Crippen LogP contribution >= 0.6 is 0 Å². The number of hydrogen-bond donors (Lipinski definition) is 0. The summed E-state index contributed by atoms with van der Waals surface area (Å²) in [5, 5.41) is 9.40. The summed E-state index contributed by atoms with van der Waals surface area (Å²) in [5.74, 6) is 0.421. The van der Waals surface area contributed by atoms with Crippen LogP contribution in [0, 0.1) is 0 Å². The third kappa shape index (κ3) is 2.66. The molecule has 3 heteroatoms. The van der Waals surface area contributed by atoms with Crippen molar-refractivity contribution in [1.82, 2.24) is 4.40 Å². The van der Waals surface area contributed by atoms with Crippen LogP contribution in [0.25, 0.3) is 93.1 Å². The van der Waals surface area contributed by atoms with E-state index in [0.717, 1.165) is 54.9 Å². The van der Waals surface area contributed by atoms with Crippen molar-refractivity contribution in [2.45, 2.75) is 19.8 Å². The van der Waals surface area contributed by atoms with Crippen molar-refractivity contribution < 1.29 is 8.83 Å². The van der Waals surface area contributed by atoms with Crippen molar-refractivity contribution in [3.05, 3.63) is 115 Å². The van der Waals surface area contributed by atoms with Gasteiger partial charge >= 0.3 is 0 Å². The van der Waals surface area contributed by atoms with E-state index >= 15 is 0 Å². The molecule has 0 aliphatic heterocycles. The maximum Gasteiger partial charge on any atom is 0.160 e. The zero-order chi connectivity index (χ0) is 27.7. The first-order chi connectivity index (χ1) is 20.7. The lowest BCUT2D eigenvalue weighted by Crippen LogP contribution is -1.92. The molecule has 0 bridgehead atoms. The monoisotopic (exact) mass is 539 g/mol. The molecule has 0 atom stereocenters. The summed E-state index contributed by atoms with van der Waals surface area (Å²) < 4.78 is 15.7. The van der Waals surface area contributed by atoms with Crippen molar-refractivity contribution in [3.63, 3.8) is 0 Å². The Morgan fingerprint density at radius 1 is 0.476 bits per heavy atom. The molecule has 42 heavy (non-hydrogen) atoms. The van der Waals surface area contributed by atoms with Crippen LogP contribution in [0.15, 0.2) is 118 Å². The lowest BCUT2D eigenvalue weighted by molar-refractivity contribution is 0.670. The number of fused-ring (bicyclic) bond motifs is 14. The zero-order valence-corrected chi connectivity index (χ0v) is 23.2. The minimum Gasteiger partial charge on any atom is -0.454 e. The van der Waals surface area contributed by atoms with E-state index in [1.54, 1.807) is 0 Å². The molecule has 3 nitrogen and oxygen atoms in total. The zero-order valence-electron chi connectivity index (χ0n) is 23.2. The minimum atomic E-state index is 0.421. The lowest BCUT2D eigenvalue weighted by atomic mass is 9.91. The second-order valence-corrected chi connectivity index (χ2v) is 11.9. The van der Waals surface area contributed by atoms with Gasteiger partial charge in [0.1, 0.15) is 11.2 Å². The van der Waals surface area contributed by atoms with Crippen molar-refractivity contribution in [2.75, 3.05) is 0 Å². The van der Waals surface area contributed by atoms with E-state index in [1.807, 2.05) is 12.1 Å². The van der Waals surface area contributed by atoms with Crippen LogP contribution in [-0.4, -0.2) is 4.40 Å². The van der Waals surface area contributed by atoms with Gasteiger partial charge in [0.2, 0.25) is 0 Å². The molecule has 6 aromatic carbocycles. The summed E-state index contributed by atoms with van der Waals surface area (Å²) in [6.07, 6.45) is 0. The predicted octanol–water partition coefficient (Wildman–Crippen LogP) is 11.4. The van der Waals surface area contributed by atoms with Crippen LogP contribution in [-0.2, 0) is 0 Å². The van der Waals surface area contributed by atoms with Gasteiger partial charge in [0.15, 0.2) is 11.2 Å². The summed E-state index contributed by atoms with van der Waals surface area (Å²) >= 11 is 0. The molecule has 0 saturated carbocycles. The largest absolute Gasteiger partial charge is 0.454 e. The molecule has 0 aliphatic carbocycles. The highest BCUT2D eigenvalue weighted by Crippen LogP contribution is 2.48. The third-order valence-electron chi connectivity index (χ3n) is 9.30. The number of benzene rings is 6. The van der Waals surface area contributed by atoms with Crippen molar-refractivity contribution >= 4 is 82.0 Å². The van der Waals surface area contributed by atoms with Crippen molar-refractivity contribution in [3.8, 4) is 11.1 Å². The molecular formula is C39H25NO2. The second-order valence-electron chi connectivity index (χ2n) is 11.9. The van der Waals surface area contributed by atoms with E-state index in [2.05, 4.69) is 115 Å². The maximum absolute atomic E-state index is 6.66. The summed E-state index contributed by atoms with van der Waals surface area (Å²) in [6, 6.07) is 39.3. The van der Waals surface area contributed by atoms with Gasteiger partial charge in [0.05, 0.1) is 16.6 Å². The number of rotatable bonds is 2. The number of nitrogens with zero attached hydrogens (tertiary/aromatic N) is 1. The Bertz CT molecular complexity index is 2560. The van der Waals surface area contributed by atoms with Gasteiger partial charge in [-0.15, -0.1) is 0 Å². The molecule has 0 N–H and O–H groups in total. The average molecular weight is 540 g/mol. The normalized spacial score (nSPS) is 12.7. The Balaban J connectivity index is 1.49. The van der Waals surface area contributed by atoms with Gasteiger partial charge in [0.25, 0.3) is 0 Å². The van der Waals surface area contributed by atoms with Gasteiger partial charge in [-0.2, -0.15) is 0 Å². The Morgan fingerprint density at radius 3 is 1.55 bits per heavy atom. The molecule has 0 saturated heterocycles. The summed E-state index contributed by atoms with van der Waals surface area (Å²) in [6.45, 7) is 4.54. The van der Waals surface area contributed by atoms with Crippen LogP contribution in [0.5, 0.6) is 0 Å². The lowest BCUT2D eigenvalue weighted by Gasteiger charge is -2.13. The molecule has 0 spiro atoms. The average Bonchev–Trinajstić information content (AvgIpc) is 3.76. The van der Waals surface area contributed by atoms with Crippen LogP contribution < -0.4 is 0 Å². The van der Waals surface area contributed by atoms with Crippen LogP contribution in [0.1, 0.15) is 25.3 Å². The molecule has 0 unspecified atom stereocenters. The molecule has 0 amide bonds. The molecule has 0 fully saturated rings. The number of aromatic nitrogens is 1. The first-order valence-electron chi connectivity index (χ1n) is 14.6. The first-order valence-corrected chi connectivity index (χ1v) is 14.6.